The Hall–Kier alpha value is -4.09. The lowest BCUT2D eigenvalue weighted by Crippen LogP contribution is -2.48. The van der Waals surface area contributed by atoms with Crippen LogP contribution in [0.3, 0.4) is 0 Å². The number of halogens is 1. The molecule has 2 aliphatic heterocycles. The van der Waals surface area contributed by atoms with Gasteiger partial charge < -0.3 is 24.6 Å². The van der Waals surface area contributed by atoms with Gasteiger partial charge in [-0.25, -0.2) is 14.4 Å². The van der Waals surface area contributed by atoms with E-state index in [0.29, 0.717) is 53.3 Å². The highest BCUT2D eigenvalue weighted by atomic mass is 19.1. The molecule has 3 heterocycles. The van der Waals surface area contributed by atoms with Crippen molar-refractivity contribution in [3.63, 3.8) is 0 Å². The third-order valence-electron chi connectivity index (χ3n) is 9.18. The summed E-state index contributed by atoms with van der Waals surface area (Å²) in [5.74, 6) is -1.84. The molecule has 3 atom stereocenters. The number of aliphatic carboxylic acids is 1. The first-order chi connectivity index (χ1) is 22.2. The van der Waals surface area contributed by atoms with Gasteiger partial charge in [-0.3, -0.25) is 14.5 Å². The van der Waals surface area contributed by atoms with Gasteiger partial charge in [-0.1, -0.05) is 26.7 Å². The number of fused-ring (bicyclic) bond motifs is 1. The van der Waals surface area contributed by atoms with Crippen LogP contribution in [0.2, 0.25) is 0 Å². The van der Waals surface area contributed by atoms with Crippen molar-refractivity contribution in [1.82, 2.24) is 14.9 Å². The molecule has 1 saturated heterocycles. The lowest BCUT2D eigenvalue weighted by atomic mass is 9.83. The smallest absolute Gasteiger partial charge is 0.308 e. The third kappa shape index (κ3) is 7.15. The van der Waals surface area contributed by atoms with Crippen LogP contribution in [0, 0.1) is 18.7 Å². The number of ether oxygens (including phenoxy) is 2. The van der Waals surface area contributed by atoms with Crippen molar-refractivity contribution in [2.45, 2.75) is 83.9 Å². The Morgan fingerprint density at radius 1 is 1.13 bits per heavy atom. The van der Waals surface area contributed by atoms with E-state index in [1.165, 1.54) is 12.4 Å². The molecule has 0 spiro atoms. The molecule has 2 N–H and O–H groups in total. The number of anilines is 1. The number of carbonyl (C=O) groups is 2. The summed E-state index contributed by atoms with van der Waals surface area (Å²) >= 11 is 0. The molecule has 0 aliphatic carbocycles. The Balaban J connectivity index is 1.52. The maximum absolute atomic E-state index is 14.4. The summed E-state index contributed by atoms with van der Waals surface area (Å²) in [4.78, 5) is 39.6. The fourth-order valence-electron chi connectivity index (χ4n) is 7.05. The molecular weight excluding hydrogens is 591 g/mol. The number of carboxylic acids is 1. The second kappa shape index (κ2) is 15.0. The van der Waals surface area contributed by atoms with Crippen LogP contribution in [0.4, 0.5) is 10.1 Å². The molecule has 5 rings (SSSR count). The number of aliphatic hydroxyl groups excluding tert-OH is 1. The molecule has 0 bridgehead atoms. The standard InChI is InChI=1S/C35H43FN4O6/c1-4-6-26(7-5-2)40(27-9-10-29(36)22(3)14-27)32(42)18-39-17-28(23-15-24(19-41)34-31(16-23)45-21-46-34)33(35(43)44)30(39)11-8-25-12-13-37-20-38-25/h9-10,12-16,20,26,28,30,33,41H,4-8,11,17-19,21H2,1-3H3,(H,43,44)/t28-,30+,33-/m1/s1. The molecule has 46 heavy (non-hydrogen) atoms. The number of aliphatic hydroxyl groups is 1. The molecule has 10 nitrogen and oxygen atoms in total. The first-order valence-corrected chi connectivity index (χ1v) is 16.1. The van der Waals surface area contributed by atoms with Crippen molar-refractivity contribution in [1.29, 1.82) is 0 Å². The van der Waals surface area contributed by atoms with Crippen molar-refractivity contribution in [3.05, 3.63) is 77.1 Å². The summed E-state index contributed by atoms with van der Waals surface area (Å²) in [5.41, 5.74) is 3.13. The molecule has 1 amide bonds. The minimum atomic E-state index is -0.961. The van der Waals surface area contributed by atoms with E-state index in [-0.39, 0.29) is 37.7 Å². The lowest BCUT2D eigenvalue weighted by Gasteiger charge is -2.35. The Bertz CT molecular complexity index is 1520. The fourth-order valence-corrected chi connectivity index (χ4v) is 7.05. The normalized spacial score (nSPS) is 19.1. The summed E-state index contributed by atoms with van der Waals surface area (Å²) in [6, 6.07) is 9.58. The molecule has 0 radical (unpaired) electrons. The minimum Gasteiger partial charge on any atom is -0.481 e. The molecule has 0 unspecified atom stereocenters. The highest BCUT2D eigenvalue weighted by Gasteiger charge is 2.47. The number of likely N-dealkylation sites (tertiary alicyclic amines) is 1. The number of benzene rings is 2. The topological polar surface area (TPSA) is 125 Å². The molecule has 2 aliphatic rings. The second-order valence-corrected chi connectivity index (χ2v) is 12.2. The maximum atomic E-state index is 14.4. The van der Waals surface area contributed by atoms with Crippen molar-refractivity contribution >= 4 is 17.6 Å². The number of amides is 1. The SMILES string of the molecule is CCCC(CCC)N(C(=O)CN1C[C@H](c2cc(CO)c3c(c2)OCO3)[C@@H](C(=O)O)[C@@H]1CCc1ccncn1)c1ccc(F)c(C)c1. The highest BCUT2D eigenvalue weighted by molar-refractivity contribution is 5.95. The Morgan fingerprint density at radius 3 is 2.57 bits per heavy atom. The monoisotopic (exact) mass is 634 g/mol. The van der Waals surface area contributed by atoms with Crippen molar-refractivity contribution < 1.29 is 33.7 Å². The van der Waals surface area contributed by atoms with E-state index in [0.717, 1.165) is 31.4 Å². The first kappa shape index (κ1) is 33.3. The van der Waals surface area contributed by atoms with Crippen LogP contribution in [0.25, 0.3) is 0 Å². The zero-order valence-corrected chi connectivity index (χ0v) is 26.7. The number of carboxylic acid groups (broad SMARTS) is 1. The summed E-state index contributed by atoms with van der Waals surface area (Å²) in [6.45, 7) is 5.89. The molecule has 1 fully saturated rings. The Labute approximate surface area is 269 Å². The predicted octanol–water partition coefficient (Wildman–Crippen LogP) is 5.25. The van der Waals surface area contributed by atoms with E-state index in [1.807, 2.05) is 11.0 Å². The van der Waals surface area contributed by atoms with Gasteiger partial charge in [-0.2, -0.15) is 0 Å². The zero-order valence-electron chi connectivity index (χ0n) is 26.7. The number of aromatic nitrogens is 2. The molecule has 1 aromatic heterocycles. The van der Waals surface area contributed by atoms with E-state index in [4.69, 9.17) is 9.47 Å². The van der Waals surface area contributed by atoms with Crippen molar-refractivity contribution in [3.8, 4) is 11.5 Å². The molecule has 0 saturated carbocycles. The van der Waals surface area contributed by atoms with Gasteiger partial charge in [0.05, 0.1) is 19.1 Å². The van der Waals surface area contributed by atoms with Gasteiger partial charge in [0.1, 0.15) is 12.1 Å². The summed E-state index contributed by atoms with van der Waals surface area (Å²) in [5, 5.41) is 20.7. The van der Waals surface area contributed by atoms with Gasteiger partial charge in [-0.15, -0.1) is 0 Å². The molecule has 3 aromatic rings. The van der Waals surface area contributed by atoms with Crippen LogP contribution in [0.5, 0.6) is 11.5 Å². The van der Waals surface area contributed by atoms with Crippen LogP contribution in [-0.4, -0.2) is 68.9 Å². The lowest BCUT2D eigenvalue weighted by molar-refractivity contribution is -0.143. The predicted molar refractivity (Wildman–Crippen MR) is 170 cm³/mol. The first-order valence-electron chi connectivity index (χ1n) is 16.1. The van der Waals surface area contributed by atoms with Crippen LogP contribution >= 0.6 is 0 Å². The van der Waals surface area contributed by atoms with E-state index >= 15 is 0 Å². The Morgan fingerprint density at radius 2 is 1.91 bits per heavy atom. The molecule has 11 heteroatoms. The van der Waals surface area contributed by atoms with E-state index < -0.39 is 23.8 Å². The van der Waals surface area contributed by atoms with E-state index in [2.05, 4.69) is 23.8 Å². The van der Waals surface area contributed by atoms with Gasteiger partial charge in [0.15, 0.2) is 11.5 Å². The van der Waals surface area contributed by atoms with Gasteiger partial charge in [0, 0.05) is 47.7 Å². The number of carbonyl (C=O) groups excluding carboxylic acids is 1. The zero-order chi connectivity index (χ0) is 32.8. The third-order valence-corrected chi connectivity index (χ3v) is 9.18. The van der Waals surface area contributed by atoms with Gasteiger partial charge in [-0.05, 0) is 80.1 Å². The van der Waals surface area contributed by atoms with Gasteiger partial charge in [0.2, 0.25) is 12.7 Å². The number of hydrogen-bond donors (Lipinski definition) is 2. The van der Waals surface area contributed by atoms with Crippen LogP contribution < -0.4 is 14.4 Å². The quantitative estimate of drug-likeness (QED) is 0.245. The fraction of sp³-hybridized carbons (Fsp3) is 0.486. The van der Waals surface area contributed by atoms with Crippen molar-refractivity contribution in [2.24, 2.45) is 5.92 Å². The second-order valence-electron chi connectivity index (χ2n) is 12.2. The molecule has 2 aromatic carbocycles. The largest absolute Gasteiger partial charge is 0.481 e. The average molecular weight is 635 g/mol. The minimum absolute atomic E-state index is 0.00746. The van der Waals surface area contributed by atoms with Gasteiger partial charge in [0.25, 0.3) is 0 Å². The summed E-state index contributed by atoms with van der Waals surface area (Å²) < 4.78 is 25.5. The van der Waals surface area contributed by atoms with Crippen LogP contribution in [0.1, 0.15) is 74.3 Å². The molecular formula is C35H43FN4O6. The van der Waals surface area contributed by atoms with Crippen LogP contribution in [-0.2, 0) is 22.6 Å². The summed E-state index contributed by atoms with van der Waals surface area (Å²) in [6.07, 6.45) is 7.41. The number of aryl methyl sites for hydroxylation is 2. The summed E-state index contributed by atoms with van der Waals surface area (Å²) in [7, 11) is 0. The van der Waals surface area contributed by atoms with Gasteiger partial charge >= 0.3 is 5.97 Å². The maximum Gasteiger partial charge on any atom is 0.308 e. The average Bonchev–Trinajstić information content (AvgIpc) is 3.67. The van der Waals surface area contributed by atoms with E-state index in [9.17, 15) is 24.2 Å². The Kier molecular flexibility index (Phi) is 10.9. The highest BCUT2D eigenvalue weighted by Crippen LogP contribution is 2.45. The van der Waals surface area contributed by atoms with Crippen LogP contribution in [0.15, 0.2) is 48.9 Å². The molecule has 246 valence electrons. The van der Waals surface area contributed by atoms with E-state index in [1.54, 1.807) is 42.3 Å². The number of rotatable bonds is 14. The number of hydrogen-bond acceptors (Lipinski definition) is 8. The van der Waals surface area contributed by atoms with Crippen molar-refractivity contribution in [2.75, 3.05) is 24.8 Å². The number of nitrogens with zero attached hydrogens (tertiary/aromatic N) is 4.